The average Bonchev–Trinajstić information content (AvgIpc) is 2.70. The van der Waals surface area contributed by atoms with E-state index < -0.39 is 18.0 Å². The zero-order valence-electron chi connectivity index (χ0n) is 12.9. The molecule has 24 heavy (non-hydrogen) atoms. The molecular formula is C18H18O6. The molecule has 0 bridgehead atoms. The third-order valence-electron chi connectivity index (χ3n) is 4.12. The van der Waals surface area contributed by atoms with Crippen LogP contribution in [0.25, 0.3) is 0 Å². The van der Waals surface area contributed by atoms with Crippen molar-refractivity contribution < 1.29 is 29.2 Å². The number of hydrogen-bond donors (Lipinski definition) is 2. The standard InChI is InChI=1S/C18H18O6/c19-12-9-18(23-15-7-3-1-5-13(15)21-10-12)17(20)11-22-14-6-2-4-8-16(14)24-18/h1-8,12,17,19-20H,9-11H2. The fraction of sp³-hybridized carbons (Fsp3) is 0.333. The molecule has 6 nitrogen and oxygen atoms in total. The Morgan fingerprint density at radius 2 is 1.25 bits per heavy atom. The topological polar surface area (TPSA) is 77.4 Å². The molecule has 126 valence electrons. The van der Waals surface area contributed by atoms with Crippen LogP contribution in [-0.2, 0) is 0 Å². The second-order valence-electron chi connectivity index (χ2n) is 5.91. The van der Waals surface area contributed by atoms with Crippen molar-refractivity contribution in [3.63, 3.8) is 0 Å². The predicted octanol–water partition coefficient (Wildman–Crippen LogP) is 1.74. The smallest absolute Gasteiger partial charge is 0.283 e. The lowest BCUT2D eigenvalue weighted by Gasteiger charge is -2.39. The SMILES string of the molecule is OC1COc2ccccc2OC2(C1)Oc1ccccc1OCC2O. The largest absolute Gasteiger partial charge is 0.487 e. The van der Waals surface area contributed by atoms with Gasteiger partial charge in [0.1, 0.15) is 13.2 Å². The van der Waals surface area contributed by atoms with Crippen molar-refractivity contribution in [1.82, 2.24) is 0 Å². The lowest BCUT2D eigenvalue weighted by atomic mass is 10.0. The lowest BCUT2D eigenvalue weighted by Crippen LogP contribution is -2.57. The van der Waals surface area contributed by atoms with E-state index in [0.29, 0.717) is 23.0 Å². The summed E-state index contributed by atoms with van der Waals surface area (Å²) in [6.07, 6.45) is -1.91. The third kappa shape index (κ3) is 2.64. The minimum atomic E-state index is -1.47. The lowest BCUT2D eigenvalue weighted by molar-refractivity contribution is -0.208. The first kappa shape index (κ1) is 15.1. The van der Waals surface area contributed by atoms with E-state index in [4.69, 9.17) is 18.9 Å². The van der Waals surface area contributed by atoms with Crippen LogP contribution in [0.4, 0.5) is 0 Å². The van der Waals surface area contributed by atoms with Crippen LogP contribution < -0.4 is 18.9 Å². The number of ether oxygens (including phenoxy) is 4. The van der Waals surface area contributed by atoms with Crippen LogP contribution in [0, 0.1) is 0 Å². The Morgan fingerprint density at radius 3 is 1.83 bits per heavy atom. The van der Waals surface area contributed by atoms with Gasteiger partial charge in [-0.3, -0.25) is 0 Å². The zero-order valence-corrected chi connectivity index (χ0v) is 12.9. The fourth-order valence-electron chi connectivity index (χ4n) is 2.92. The summed E-state index contributed by atoms with van der Waals surface area (Å²) in [4.78, 5) is 0. The molecule has 6 heteroatoms. The Labute approximate surface area is 139 Å². The first-order chi connectivity index (χ1) is 11.7. The second-order valence-corrected chi connectivity index (χ2v) is 5.91. The molecule has 1 spiro atoms. The van der Waals surface area contributed by atoms with Gasteiger partial charge < -0.3 is 29.2 Å². The summed E-state index contributed by atoms with van der Waals surface area (Å²) in [5.41, 5.74) is 0. The molecule has 2 aromatic carbocycles. The number of rotatable bonds is 0. The van der Waals surface area contributed by atoms with Crippen molar-refractivity contribution in [2.75, 3.05) is 13.2 Å². The molecule has 3 atom stereocenters. The highest BCUT2D eigenvalue weighted by Gasteiger charge is 2.49. The molecule has 2 N–H and O–H groups in total. The Kier molecular flexibility index (Phi) is 3.70. The van der Waals surface area contributed by atoms with E-state index in [1.807, 2.05) is 24.3 Å². The minimum Gasteiger partial charge on any atom is -0.487 e. The molecule has 0 aliphatic carbocycles. The van der Waals surface area contributed by atoms with Gasteiger partial charge in [0.15, 0.2) is 29.1 Å². The van der Waals surface area contributed by atoms with Gasteiger partial charge in [0.05, 0.1) is 12.5 Å². The van der Waals surface area contributed by atoms with Crippen LogP contribution >= 0.6 is 0 Å². The molecule has 2 aromatic rings. The van der Waals surface area contributed by atoms with E-state index in [9.17, 15) is 10.2 Å². The first-order valence-electron chi connectivity index (χ1n) is 7.84. The van der Waals surface area contributed by atoms with Crippen molar-refractivity contribution >= 4 is 0 Å². The second kappa shape index (κ2) is 5.89. The van der Waals surface area contributed by atoms with Crippen molar-refractivity contribution in [2.24, 2.45) is 0 Å². The molecule has 2 aliphatic rings. The minimum absolute atomic E-state index is 0.00719. The molecule has 2 heterocycles. The Morgan fingerprint density at radius 1 is 0.750 bits per heavy atom. The Bertz CT molecular complexity index is 733. The van der Waals surface area contributed by atoms with Crippen LogP contribution in [-0.4, -0.2) is 41.4 Å². The van der Waals surface area contributed by atoms with E-state index in [1.54, 1.807) is 24.3 Å². The van der Waals surface area contributed by atoms with Crippen LogP contribution in [0.2, 0.25) is 0 Å². The summed E-state index contributed by atoms with van der Waals surface area (Å²) in [5.74, 6) is 0.456. The van der Waals surface area contributed by atoms with Gasteiger partial charge in [-0.25, -0.2) is 0 Å². The maximum Gasteiger partial charge on any atom is 0.283 e. The third-order valence-corrected chi connectivity index (χ3v) is 4.12. The summed E-state index contributed by atoms with van der Waals surface area (Å²) >= 11 is 0. The molecule has 0 radical (unpaired) electrons. The molecule has 0 saturated carbocycles. The molecule has 3 unspecified atom stereocenters. The van der Waals surface area contributed by atoms with Gasteiger partial charge in [-0.05, 0) is 24.3 Å². The van der Waals surface area contributed by atoms with Gasteiger partial charge in [0.25, 0.3) is 5.79 Å². The van der Waals surface area contributed by atoms with Crippen LogP contribution in [0.1, 0.15) is 6.42 Å². The van der Waals surface area contributed by atoms with Crippen molar-refractivity contribution in [2.45, 2.75) is 24.4 Å². The number of para-hydroxylation sites is 4. The maximum absolute atomic E-state index is 10.7. The quantitative estimate of drug-likeness (QED) is 0.766. The monoisotopic (exact) mass is 330 g/mol. The molecule has 0 saturated heterocycles. The molecule has 0 fully saturated rings. The van der Waals surface area contributed by atoms with E-state index in [0.717, 1.165) is 0 Å². The van der Waals surface area contributed by atoms with E-state index in [2.05, 4.69) is 0 Å². The van der Waals surface area contributed by atoms with Crippen LogP contribution in [0.15, 0.2) is 48.5 Å². The van der Waals surface area contributed by atoms with Crippen LogP contribution in [0.3, 0.4) is 0 Å². The zero-order chi connectivity index (χ0) is 16.6. The highest BCUT2D eigenvalue weighted by molar-refractivity contribution is 5.43. The van der Waals surface area contributed by atoms with Gasteiger partial charge in [-0.15, -0.1) is 0 Å². The normalized spacial score (nSPS) is 28.6. The highest BCUT2D eigenvalue weighted by atomic mass is 16.7. The number of benzene rings is 2. The van der Waals surface area contributed by atoms with Crippen molar-refractivity contribution in [3.05, 3.63) is 48.5 Å². The van der Waals surface area contributed by atoms with E-state index in [-0.39, 0.29) is 19.6 Å². The van der Waals surface area contributed by atoms with Crippen molar-refractivity contribution in [3.8, 4) is 23.0 Å². The number of fused-ring (bicyclic) bond motifs is 2. The molecule has 0 aromatic heterocycles. The van der Waals surface area contributed by atoms with E-state index in [1.165, 1.54) is 0 Å². The summed E-state index contributed by atoms with van der Waals surface area (Å²) in [7, 11) is 0. The van der Waals surface area contributed by atoms with Gasteiger partial charge in [-0.1, -0.05) is 24.3 Å². The predicted molar refractivity (Wildman–Crippen MR) is 84.5 cm³/mol. The Hall–Kier alpha value is -2.44. The number of aliphatic hydroxyl groups excluding tert-OH is 2. The Balaban J connectivity index is 1.78. The van der Waals surface area contributed by atoms with Gasteiger partial charge >= 0.3 is 0 Å². The summed E-state index contributed by atoms with van der Waals surface area (Å²) < 4.78 is 23.3. The van der Waals surface area contributed by atoms with Gasteiger partial charge in [0.2, 0.25) is 0 Å². The van der Waals surface area contributed by atoms with Crippen molar-refractivity contribution in [1.29, 1.82) is 0 Å². The molecule has 0 amide bonds. The first-order valence-corrected chi connectivity index (χ1v) is 7.84. The molecule has 4 rings (SSSR count). The number of aliphatic hydroxyl groups is 2. The highest BCUT2D eigenvalue weighted by Crippen LogP contribution is 2.41. The van der Waals surface area contributed by atoms with E-state index >= 15 is 0 Å². The number of hydrogen-bond acceptors (Lipinski definition) is 6. The van der Waals surface area contributed by atoms with Gasteiger partial charge in [-0.2, -0.15) is 0 Å². The fourth-order valence-corrected chi connectivity index (χ4v) is 2.92. The molecule has 2 aliphatic heterocycles. The van der Waals surface area contributed by atoms with Crippen LogP contribution in [0.5, 0.6) is 23.0 Å². The average molecular weight is 330 g/mol. The maximum atomic E-state index is 10.7. The summed E-state index contributed by atoms with van der Waals surface area (Å²) in [6.45, 7) is 0.0768. The van der Waals surface area contributed by atoms with Gasteiger partial charge in [0, 0.05) is 0 Å². The summed E-state index contributed by atoms with van der Waals surface area (Å²) in [6, 6.07) is 14.2. The summed E-state index contributed by atoms with van der Waals surface area (Å²) in [5, 5.41) is 20.9. The molecular weight excluding hydrogens is 312 g/mol.